The van der Waals surface area contributed by atoms with Gasteiger partial charge in [-0.25, -0.2) is 0 Å². The monoisotopic (exact) mass is 197 g/mol. The number of nitrogens with zero attached hydrogens (tertiary/aromatic N) is 3. The van der Waals surface area contributed by atoms with Crippen LogP contribution in [0.15, 0.2) is 6.20 Å². The Morgan fingerprint density at radius 3 is 2.93 bits per heavy atom. The van der Waals surface area contributed by atoms with Gasteiger partial charge in [0.25, 0.3) is 0 Å². The fourth-order valence-corrected chi connectivity index (χ4v) is 1.69. The van der Waals surface area contributed by atoms with Crippen molar-refractivity contribution in [1.82, 2.24) is 15.0 Å². The number of hydrogen-bond donors (Lipinski definition) is 1. The van der Waals surface area contributed by atoms with E-state index in [2.05, 4.69) is 10.3 Å². The molecule has 1 aromatic heterocycles. The molecule has 1 saturated heterocycles. The molecule has 2 rings (SSSR count). The van der Waals surface area contributed by atoms with Crippen LogP contribution in [0.5, 0.6) is 0 Å². The fraction of sp³-hybridized carbons (Fsp3) is 0.778. The first kappa shape index (κ1) is 9.61. The van der Waals surface area contributed by atoms with E-state index < -0.39 is 0 Å². The molecule has 0 aliphatic carbocycles. The lowest BCUT2D eigenvalue weighted by atomic mass is 10.0. The van der Waals surface area contributed by atoms with E-state index in [1.807, 2.05) is 4.68 Å². The van der Waals surface area contributed by atoms with Crippen LogP contribution in [0.3, 0.4) is 0 Å². The summed E-state index contributed by atoms with van der Waals surface area (Å²) in [5.74, 6) is 0.636. The van der Waals surface area contributed by atoms with Gasteiger partial charge in [0.1, 0.15) is 5.69 Å². The average Bonchev–Trinajstić information content (AvgIpc) is 2.67. The van der Waals surface area contributed by atoms with Crippen LogP contribution < -0.4 is 0 Å². The lowest BCUT2D eigenvalue weighted by Gasteiger charge is -2.21. The van der Waals surface area contributed by atoms with Gasteiger partial charge in [-0.1, -0.05) is 5.21 Å². The number of rotatable bonds is 3. The molecule has 0 spiro atoms. The molecule has 0 unspecified atom stereocenters. The Morgan fingerprint density at radius 1 is 1.50 bits per heavy atom. The summed E-state index contributed by atoms with van der Waals surface area (Å²) in [4.78, 5) is 0. The maximum Gasteiger partial charge on any atom is 0.108 e. The highest BCUT2D eigenvalue weighted by atomic mass is 16.5. The number of hydrogen-bond acceptors (Lipinski definition) is 4. The number of aliphatic hydroxyl groups is 1. The third-order valence-corrected chi connectivity index (χ3v) is 2.53. The van der Waals surface area contributed by atoms with Crippen molar-refractivity contribution in [2.75, 3.05) is 13.2 Å². The van der Waals surface area contributed by atoms with E-state index in [-0.39, 0.29) is 6.61 Å². The largest absolute Gasteiger partial charge is 0.390 e. The summed E-state index contributed by atoms with van der Waals surface area (Å²) in [6, 6.07) is 0. The molecule has 0 saturated carbocycles. The molecule has 0 aromatic carbocycles. The van der Waals surface area contributed by atoms with Gasteiger partial charge >= 0.3 is 0 Å². The fourth-order valence-electron chi connectivity index (χ4n) is 1.69. The van der Waals surface area contributed by atoms with Gasteiger partial charge in [0, 0.05) is 19.8 Å². The molecule has 0 radical (unpaired) electrons. The van der Waals surface area contributed by atoms with E-state index in [9.17, 15) is 0 Å². The van der Waals surface area contributed by atoms with Gasteiger partial charge in [0.05, 0.1) is 12.8 Å². The minimum atomic E-state index is -0.0340. The summed E-state index contributed by atoms with van der Waals surface area (Å²) in [5.41, 5.74) is 0.636. The zero-order chi connectivity index (χ0) is 9.80. The normalized spacial score (nSPS) is 18.6. The summed E-state index contributed by atoms with van der Waals surface area (Å²) >= 11 is 0. The second-order valence-corrected chi connectivity index (χ2v) is 3.65. The van der Waals surface area contributed by atoms with E-state index in [1.54, 1.807) is 6.20 Å². The Labute approximate surface area is 82.7 Å². The maximum atomic E-state index is 8.82. The molecule has 0 amide bonds. The molecule has 5 nitrogen and oxygen atoms in total. The van der Waals surface area contributed by atoms with E-state index >= 15 is 0 Å². The van der Waals surface area contributed by atoms with Crippen molar-refractivity contribution in [3.8, 4) is 0 Å². The van der Waals surface area contributed by atoms with E-state index in [4.69, 9.17) is 9.84 Å². The average molecular weight is 197 g/mol. The minimum Gasteiger partial charge on any atom is -0.390 e. The van der Waals surface area contributed by atoms with Crippen LogP contribution >= 0.6 is 0 Å². The minimum absolute atomic E-state index is 0.0340. The Hall–Kier alpha value is -0.940. The van der Waals surface area contributed by atoms with Gasteiger partial charge in [-0.05, 0) is 18.8 Å². The van der Waals surface area contributed by atoms with Crippen molar-refractivity contribution in [3.05, 3.63) is 11.9 Å². The van der Waals surface area contributed by atoms with Crippen LogP contribution in [0.1, 0.15) is 18.5 Å². The van der Waals surface area contributed by atoms with Crippen LogP contribution in [-0.2, 0) is 17.9 Å². The summed E-state index contributed by atoms with van der Waals surface area (Å²) in [6.07, 6.45) is 3.98. The Balaban J connectivity index is 1.89. The molecule has 78 valence electrons. The number of aliphatic hydroxyl groups excluding tert-OH is 1. The van der Waals surface area contributed by atoms with Gasteiger partial charge in [-0.15, -0.1) is 5.10 Å². The smallest absolute Gasteiger partial charge is 0.108 e. The van der Waals surface area contributed by atoms with Crippen LogP contribution in [-0.4, -0.2) is 33.3 Å². The topological polar surface area (TPSA) is 60.2 Å². The van der Waals surface area contributed by atoms with Crippen LogP contribution in [0.2, 0.25) is 0 Å². The van der Waals surface area contributed by atoms with Crippen molar-refractivity contribution < 1.29 is 9.84 Å². The molecule has 1 fully saturated rings. The van der Waals surface area contributed by atoms with Gasteiger partial charge < -0.3 is 9.84 Å². The number of aromatic nitrogens is 3. The Kier molecular flexibility index (Phi) is 3.10. The van der Waals surface area contributed by atoms with Gasteiger partial charge in [0.2, 0.25) is 0 Å². The number of ether oxygens (including phenoxy) is 1. The Morgan fingerprint density at radius 2 is 2.29 bits per heavy atom. The molecule has 1 aliphatic rings. The van der Waals surface area contributed by atoms with Crippen LogP contribution in [0.25, 0.3) is 0 Å². The lowest BCUT2D eigenvalue weighted by Crippen LogP contribution is -2.20. The summed E-state index contributed by atoms with van der Waals surface area (Å²) < 4.78 is 7.09. The van der Waals surface area contributed by atoms with Crippen molar-refractivity contribution in [1.29, 1.82) is 0 Å². The van der Waals surface area contributed by atoms with Gasteiger partial charge in [-0.3, -0.25) is 4.68 Å². The quantitative estimate of drug-likeness (QED) is 0.751. The molecule has 14 heavy (non-hydrogen) atoms. The van der Waals surface area contributed by atoms with Crippen molar-refractivity contribution >= 4 is 0 Å². The van der Waals surface area contributed by atoms with Crippen molar-refractivity contribution in [3.63, 3.8) is 0 Å². The Bertz CT molecular complexity index is 281. The molecular weight excluding hydrogens is 182 g/mol. The van der Waals surface area contributed by atoms with Gasteiger partial charge in [-0.2, -0.15) is 0 Å². The molecule has 1 aromatic rings. The van der Waals surface area contributed by atoms with E-state index in [0.29, 0.717) is 11.6 Å². The summed E-state index contributed by atoms with van der Waals surface area (Å²) in [5, 5.41) is 16.6. The predicted octanol–water partition coefficient (Wildman–Crippen LogP) is 0.197. The third kappa shape index (κ3) is 2.30. The zero-order valence-electron chi connectivity index (χ0n) is 8.09. The zero-order valence-corrected chi connectivity index (χ0v) is 8.09. The first-order valence-electron chi connectivity index (χ1n) is 4.96. The molecule has 5 heteroatoms. The highest BCUT2D eigenvalue weighted by Gasteiger charge is 2.14. The lowest BCUT2D eigenvalue weighted by molar-refractivity contribution is 0.0599. The van der Waals surface area contributed by atoms with Crippen LogP contribution in [0.4, 0.5) is 0 Å². The SMILES string of the molecule is OCc1cn(CC2CCOCC2)nn1. The highest BCUT2D eigenvalue weighted by molar-refractivity contribution is 4.89. The van der Waals surface area contributed by atoms with E-state index in [1.165, 1.54) is 0 Å². The first-order chi connectivity index (χ1) is 6.88. The first-order valence-corrected chi connectivity index (χ1v) is 4.96. The molecule has 0 bridgehead atoms. The predicted molar refractivity (Wildman–Crippen MR) is 49.5 cm³/mol. The molecule has 0 atom stereocenters. The summed E-state index contributed by atoms with van der Waals surface area (Å²) in [7, 11) is 0. The summed E-state index contributed by atoms with van der Waals surface area (Å²) in [6.45, 7) is 2.56. The van der Waals surface area contributed by atoms with Crippen LogP contribution in [0, 0.1) is 5.92 Å². The van der Waals surface area contributed by atoms with Crippen molar-refractivity contribution in [2.45, 2.75) is 26.0 Å². The highest BCUT2D eigenvalue weighted by Crippen LogP contribution is 2.16. The van der Waals surface area contributed by atoms with E-state index in [0.717, 1.165) is 32.6 Å². The molecule has 2 heterocycles. The second-order valence-electron chi connectivity index (χ2n) is 3.65. The third-order valence-electron chi connectivity index (χ3n) is 2.53. The maximum absolute atomic E-state index is 8.82. The van der Waals surface area contributed by atoms with Gasteiger partial charge in [0.15, 0.2) is 0 Å². The standard InChI is InChI=1S/C9H15N3O2/c13-7-9-6-12(11-10-9)5-8-1-3-14-4-2-8/h6,8,13H,1-5,7H2. The molecule has 1 N–H and O–H groups in total. The molecular formula is C9H15N3O2. The second kappa shape index (κ2) is 4.52. The van der Waals surface area contributed by atoms with Crippen molar-refractivity contribution in [2.24, 2.45) is 5.92 Å². The molecule has 1 aliphatic heterocycles.